The van der Waals surface area contributed by atoms with Gasteiger partial charge >= 0.3 is 11.9 Å². The number of nitrogens with zero attached hydrogens (tertiary/aromatic N) is 1. The molecule has 0 bridgehead atoms. The predicted molar refractivity (Wildman–Crippen MR) is 150 cm³/mol. The minimum atomic E-state index is -1.19. The molecule has 5 rings (SSSR count). The van der Waals surface area contributed by atoms with E-state index >= 15 is 0 Å². The summed E-state index contributed by atoms with van der Waals surface area (Å²) in [4.78, 5) is 33.6. The lowest BCUT2D eigenvalue weighted by Crippen LogP contribution is -2.08. The van der Waals surface area contributed by atoms with Crippen LogP contribution in [-0.4, -0.2) is 38.9 Å². The summed E-state index contributed by atoms with van der Waals surface area (Å²) in [6, 6.07) is 21.1. The molecule has 0 unspecified atom stereocenters. The molecule has 0 saturated heterocycles. The molecule has 0 radical (unpaired) electrons. The van der Waals surface area contributed by atoms with E-state index in [4.69, 9.17) is 24.9 Å². The number of carbonyl (C=O) groups is 3. The highest BCUT2D eigenvalue weighted by Crippen LogP contribution is 2.26. The Bertz CT molecular complexity index is 1670. The van der Waals surface area contributed by atoms with Crippen molar-refractivity contribution in [1.82, 2.24) is 0 Å². The van der Waals surface area contributed by atoms with Crippen LogP contribution in [0.4, 0.5) is 8.78 Å². The van der Waals surface area contributed by atoms with Crippen LogP contribution in [0.15, 0.2) is 90.1 Å². The number of carboxylic acids is 2. The Morgan fingerprint density at radius 3 is 1.81 bits per heavy atom. The molecule has 0 fully saturated rings. The van der Waals surface area contributed by atoms with Gasteiger partial charge in [0.25, 0.3) is 0 Å². The number of aromatic carboxylic acids is 1. The van der Waals surface area contributed by atoms with Gasteiger partial charge in [0.05, 0.1) is 12.0 Å². The Balaban J connectivity index is 0.000000197. The number of ketones is 1. The van der Waals surface area contributed by atoms with Crippen molar-refractivity contribution in [1.29, 1.82) is 0 Å². The fourth-order valence-electron chi connectivity index (χ4n) is 4.20. The van der Waals surface area contributed by atoms with Crippen molar-refractivity contribution in [3.63, 3.8) is 0 Å². The molecule has 43 heavy (non-hydrogen) atoms. The molecule has 1 aliphatic carbocycles. The number of aliphatic carboxylic acids is 1. The van der Waals surface area contributed by atoms with Gasteiger partial charge in [-0.1, -0.05) is 29.4 Å². The van der Waals surface area contributed by atoms with Crippen molar-refractivity contribution in [2.24, 2.45) is 5.16 Å². The lowest BCUT2D eigenvalue weighted by atomic mass is 10.0. The first kappa shape index (κ1) is 30.4. The number of oxime groups is 1. The van der Waals surface area contributed by atoms with Crippen molar-refractivity contribution < 1.29 is 48.1 Å². The van der Waals surface area contributed by atoms with Gasteiger partial charge in [-0.25, -0.2) is 13.6 Å². The quantitative estimate of drug-likeness (QED) is 0.167. The van der Waals surface area contributed by atoms with Gasteiger partial charge in [0, 0.05) is 12.0 Å². The molecule has 0 spiro atoms. The van der Waals surface area contributed by atoms with Crippen LogP contribution in [0.25, 0.3) is 0 Å². The second-order valence-electron chi connectivity index (χ2n) is 9.40. The largest absolute Gasteiger partial charge is 0.489 e. The SMILES string of the molecule is O=C(O)Cc1cc(OCc2ccc(F)cc2)ccc1C(=O)O.O=C1C(=NO)Cc2cc(OCc3ccc(F)cc3)ccc21. The monoisotopic (exact) mass is 589 g/mol. The van der Waals surface area contributed by atoms with Crippen LogP contribution in [0, 0.1) is 11.6 Å². The summed E-state index contributed by atoms with van der Waals surface area (Å²) in [7, 11) is 0. The average molecular weight is 590 g/mol. The number of hydrogen-bond acceptors (Lipinski definition) is 7. The molecule has 0 aromatic heterocycles. The molecule has 11 heteroatoms. The molecule has 0 aliphatic heterocycles. The fourth-order valence-corrected chi connectivity index (χ4v) is 4.20. The Hall–Kier alpha value is -5.58. The number of fused-ring (bicyclic) bond motifs is 1. The topological polar surface area (TPSA) is 143 Å². The Kier molecular flexibility index (Phi) is 9.79. The van der Waals surface area contributed by atoms with Gasteiger partial charge in [-0.3, -0.25) is 9.59 Å². The van der Waals surface area contributed by atoms with Crippen LogP contribution < -0.4 is 9.47 Å². The summed E-state index contributed by atoms with van der Waals surface area (Å²) in [6.45, 7) is 0.479. The molecule has 0 atom stereocenters. The van der Waals surface area contributed by atoms with Crippen LogP contribution >= 0.6 is 0 Å². The summed E-state index contributed by atoms with van der Waals surface area (Å²) in [5.41, 5.74) is 3.14. The maximum atomic E-state index is 12.8. The number of Topliss-reactive ketones (excluding diaryl/α,β-unsaturated/α-hetero) is 1. The smallest absolute Gasteiger partial charge is 0.335 e. The summed E-state index contributed by atoms with van der Waals surface area (Å²) in [6.07, 6.45) is -0.103. The second-order valence-corrected chi connectivity index (χ2v) is 9.40. The molecular weight excluding hydrogens is 564 g/mol. The van der Waals surface area contributed by atoms with Gasteiger partial charge in [0.2, 0.25) is 5.78 Å². The number of hydrogen-bond donors (Lipinski definition) is 3. The molecule has 0 saturated carbocycles. The third-order valence-corrected chi connectivity index (χ3v) is 6.35. The number of halogens is 2. The molecule has 4 aromatic rings. The zero-order valence-electron chi connectivity index (χ0n) is 22.5. The van der Waals surface area contributed by atoms with E-state index in [1.54, 1.807) is 42.5 Å². The number of rotatable bonds is 9. The minimum absolute atomic E-state index is 0.0727. The highest BCUT2D eigenvalue weighted by Gasteiger charge is 2.27. The Labute approximate surface area is 244 Å². The van der Waals surface area contributed by atoms with Crippen molar-refractivity contribution in [2.45, 2.75) is 26.1 Å². The van der Waals surface area contributed by atoms with E-state index in [2.05, 4.69) is 5.16 Å². The lowest BCUT2D eigenvalue weighted by Gasteiger charge is -2.10. The van der Waals surface area contributed by atoms with E-state index in [0.717, 1.165) is 16.7 Å². The van der Waals surface area contributed by atoms with Gasteiger partial charge in [0.15, 0.2) is 0 Å². The van der Waals surface area contributed by atoms with Crippen molar-refractivity contribution in [3.05, 3.63) is 130 Å². The zero-order chi connectivity index (χ0) is 30.9. The van der Waals surface area contributed by atoms with Gasteiger partial charge in [0.1, 0.15) is 42.1 Å². The Morgan fingerprint density at radius 2 is 1.30 bits per heavy atom. The molecular formula is C32H25F2NO8. The maximum absolute atomic E-state index is 12.8. The maximum Gasteiger partial charge on any atom is 0.335 e. The predicted octanol–water partition coefficient (Wildman–Crippen LogP) is 5.70. The molecule has 0 heterocycles. The van der Waals surface area contributed by atoms with Gasteiger partial charge in [-0.2, -0.15) is 0 Å². The van der Waals surface area contributed by atoms with Crippen LogP contribution in [0.3, 0.4) is 0 Å². The average Bonchev–Trinajstić information content (AvgIpc) is 3.31. The highest BCUT2D eigenvalue weighted by atomic mass is 19.1. The number of benzene rings is 4. The molecule has 3 N–H and O–H groups in total. The molecule has 1 aliphatic rings. The first-order valence-electron chi connectivity index (χ1n) is 12.8. The normalized spacial score (nSPS) is 12.7. The molecule has 9 nitrogen and oxygen atoms in total. The van der Waals surface area contributed by atoms with Gasteiger partial charge in [-0.15, -0.1) is 0 Å². The van der Waals surface area contributed by atoms with Crippen molar-refractivity contribution >= 4 is 23.4 Å². The number of carbonyl (C=O) groups excluding carboxylic acids is 1. The zero-order valence-corrected chi connectivity index (χ0v) is 22.5. The molecule has 4 aromatic carbocycles. The van der Waals surface area contributed by atoms with Gasteiger partial charge in [-0.05, 0) is 82.9 Å². The fraction of sp³-hybridized carbons (Fsp3) is 0.125. The van der Waals surface area contributed by atoms with Crippen LogP contribution in [0.1, 0.15) is 43.0 Å². The van der Waals surface area contributed by atoms with Crippen molar-refractivity contribution in [3.8, 4) is 11.5 Å². The van der Waals surface area contributed by atoms with E-state index < -0.39 is 18.4 Å². The highest BCUT2D eigenvalue weighted by molar-refractivity contribution is 6.49. The van der Waals surface area contributed by atoms with Crippen molar-refractivity contribution in [2.75, 3.05) is 0 Å². The standard InChI is InChI=1S/C16H12FNO3.C16H13FO5/c17-12-3-1-10(2-4-12)9-21-13-5-6-14-11(7-13)8-15(18-20)16(14)19;17-12-3-1-10(2-4-12)9-22-13-5-6-14(16(20)21)11(7-13)8-15(18)19/h1-7,20H,8-9H2;1-7H,8-9H2,(H,18,19)(H,20,21). The number of carboxylic acid groups (broad SMARTS) is 2. The van der Waals surface area contributed by atoms with E-state index in [1.807, 2.05) is 0 Å². The first-order chi connectivity index (χ1) is 20.6. The molecule has 220 valence electrons. The van der Waals surface area contributed by atoms with E-state index in [0.29, 0.717) is 30.1 Å². The summed E-state index contributed by atoms with van der Waals surface area (Å²) < 4.78 is 36.7. The van der Waals surface area contributed by atoms with E-state index in [1.165, 1.54) is 42.5 Å². The van der Waals surface area contributed by atoms with Crippen LogP contribution in [0.5, 0.6) is 11.5 Å². The van der Waals surface area contributed by atoms with E-state index in [-0.39, 0.29) is 40.9 Å². The summed E-state index contributed by atoms with van der Waals surface area (Å²) >= 11 is 0. The molecule has 0 amide bonds. The van der Waals surface area contributed by atoms with Crippen LogP contribution in [-0.2, 0) is 30.8 Å². The second kappa shape index (κ2) is 13.9. The summed E-state index contributed by atoms with van der Waals surface area (Å²) in [5.74, 6) is -2.24. The van der Waals surface area contributed by atoms with Crippen LogP contribution in [0.2, 0.25) is 0 Å². The third-order valence-electron chi connectivity index (χ3n) is 6.35. The minimum Gasteiger partial charge on any atom is -0.489 e. The number of ether oxygens (including phenoxy) is 2. The van der Waals surface area contributed by atoms with E-state index in [9.17, 15) is 23.2 Å². The van der Waals surface area contributed by atoms with Gasteiger partial charge < -0.3 is 24.9 Å². The first-order valence-corrected chi connectivity index (χ1v) is 12.8. The Morgan fingerprint density at radius 1 is 0.767 bits per heavy atom. The summed E-state index contributed by atoms with van der Waals surface area (Å²) in [5, 5.41) is 29.6. The lowest BCUT2D eigenvalue weighted by molar-refractivity contribution is -0.136. The third kappa shape index (κ3) is 8.23.